The van der Waals surface area contributed by atoms with Crippen LogP contribution in [0, 0.1) is 5.92 Å². The molecule has 2 aromatic rings. The lowest BCUT2D eigenvalue weighted by molar-refractivity contribution is -0.277. The van der Waals surface area contributed by atoms with E-state index in [2.05, 4.69) is 15.2 Å². The van der Waals surface area contributed by atoms with Crippen LogP contribution in [0.2, 0.25) is 0 Å². The molecular weight excluding hydrogens is 558 g/mol. The number of aliphatic hydroxyl groups is 1. The topological polar surface area (TPSA) is 144 Å². The van der Waals surface area contributed by atoms with E-state index < -0.39 is 70.7 Å². The molecule has 0 unspecified atom stereocenters. The third kappa shape index (κ3) is 6.09. The summed E-state index contributed by atoms with van der Waals surface area (Å²) in [4.78, 5) is 18.8. The Labute approximate surface area is 225 Å². The van der Waals surface area contributed by atoms with E-state index in [-0.39, 0.29) is 44.1 Å². The molecule has 0 radical (unpaired) electrons. The fraction of sp³-hybridized carbons (Fsp3) is 0.652. The van der Waals surface area contributed by atoms with Crippen molar-refractivity contribution in [1.29, 1.82) is 0 Å². The molecule has 1 aliphatic heterocycles. The highest BCUT2D eigenvalue weighted by Gasteiger charge is 2.58. The van der Waals surface area contributed by atoms with Crippen LogP contribution in [0.4, 0.5) is 32.0 Å². The first-order valence-corrected chi connectivity index (χ1v) is 12.3. The van der Waals surface area contributed by atoms with Gasteiger partial charge in [-0.2, -0.15) is 26.3 Å². The van der Waals surface area contributed by atoms with Gasteiger partial charge in [0.15, 0.2) is 5.69 Å². The Bertz CT molecular complexity index is 1170. The first-order valence-electron chi connectivity index (χ1n) is 12.3. The van der Waals surface area contributed by atoms with Gasteiger partial charge in [-0.1, -0.05) is 6.42 Å². The number of hydrogen-bond donors (Lipinski definition) is 3. The van der Waals surface area contributed by atoms with Gasteiger partial charge in [0.05, 0.1) is 11.3 Å². The van der Waals surface area contributed by atoms with Crippen LogP contribution in [0.15, 0.2) is 10.5 Å². The Morgan fingerprint density at radius 3 is 2.31 bits per heavy atom. The number of pyridine rings is 1. The predicted molar refractivity (Wildman–Crippen MR) is 128 cm³/mol. The fourth-order valence-electron chi connectivity index (χ4n) is 5.05. The van der Waals surface area contributed by atoms with Crippen LogP contribution in [0.1, 0.15) is 73.3 Å². The minimum atomic E-state index is -5.18. The number of amides is 1. The lowest BCUT2D eigenvalue weighted by Gasteiger charge is -2.37. The summed E-state index contributed by atoms with van der Waals surface area (Å²) in [7, 11) is 0. The number of alkyl halides is 6. The second-order valence-corrected chi connectivity index (χ2v) is 9.81. The monoisotopic (exact) mass is 586 g/mol. The molecule has 3 heterocycles. The first kappa shape index (κ1) is 30.9. The zero-order chi connectivity index (χ0) is 27.9. The van der Waals surface area contributed by atoms with Crippen molar-refractivity contribution in [2.45, 2.75) is 75.4 Å². The Morgan fingerprint density at radius 1 is 1.05 bits per heavy atom. The highest BCUT2D eigenvalue weighted by Crippen LogP contribution is 2.44. The molecule has 0 spiro atoms. The van der Waals surface area contributed by atoms with Crippen molar-refractivity contribution in [1.82, 2.24) is 20.1 Å². The molecule has 218 valence electrons. The highest BCUT2D eigenvalue weighted by molar-refractivity contribution is 5.95. The molecule has 4 rings (SSSR count). The van der Waals surface area contributed by atoms with E-state index in [1.807, 2.05) is 0 Å². The lowest BCUT2D eigenvalue weighted by Crippen LogP contribution is -2.44. The normalized spacial score (nSPS) is 25.1. The lowest BCUT2D eigenvalue weighted by atomic mass is 9.85. The van der Waals surface area contributed by atoms with Gasteiger partial charge in [0.25, 0.3) is 17.7 Å². The van der Waals surface area contributed by atoms with Crippen molar-refractivity contribution in [2.75, 3.05) is 18.8 Å². The molecule has 2 aliphatic rings. The van der Waals surface area contributed by atoms with E-state index in [1.165, 1.54) is 4.90 Å². The standard InChI is InChI=1S/C23H28F6N6O3.ClH/c24-22(25,26)14-10-15(31)17-18-33-34-20(38-18)21(37,23(27,28)29)8-2-1-3-9-35(19(36)16(14)32-17)13-6-4-12(11-30)5-7-13;/h10,12-13,37H,1-9,11,30-31H2;1H/t12?,13?,21-;/m1./s1. The van der Waals surface area contributed by atoms with Gasteiger partial charge < -0.3 is 25.9 Å². The summed E-state index contributed by atoms with van der Waals surface area (Å²) in [6, 6.07) is 0.0781. The number of nitrogens with zero attached hydrogens (tertiary/aromatic N) is 4. The Hall–Kier alpha value is -2.65. The molecule has 1 atom stereocenters. The molecule has 0 saturated heterocycles. The van der Waals surface area contributed by atoms with Crippen LogP contribution in [0.25, 0.3) is 11.6 Å². The zero-order valence-electron chi connectivity index (χ0n) is 20.7. The number of nitrogens with two attached hydrogens (primary N) is 2. The molecule has 9 nitrogen and oxygen atoms in total. The maximum absolute atomic E-state index is 14.0. The number of aromatic nitrogens is 3. The summed E-state index contributed by atoms with van der Waals surface area (Å²) >= 11 is 0. The molecule has 2 aromatic heterocycles. The number of anilines is 1. The van der Waals surface area contributed by atoms with Gasteiger partial charge >= 0.3 is 12.4 Å². The van der Waals surface area contributed by atoms with Crippen LogP contribution < -0.4 is 11.5 Å². The Morgan fingerprint density at radius 2 is 1.72 bits per heavy atom. The van der Waals surface area contributed by atoms with Crippen LogP contribution in [0.5, 0.6) is 0 Å². The molecule has 1 fully saturated rings. The average molecular weight is 587 g/mol. The van der Waals surface area contributed by atoms with E-state index in [9.17, 15) is 36.2 Å². The quantitative estimate of drug-likeness (QED) is 0.438. The molecule has 4 bridgehead atoms. The first-order chi connectivity index (χ1) is 17.8. The molecule has 16 heteroatoms. The molecular formula is C23H29ClF6N6O3. The van der Waals surface area contributed by atoms with Gasteiger partial charge in [-0.25, -0.2) is 4.98 Å². The van der Waals surface area contributed by atoms with Crippen molar-refractivity contribution in [2.24, 2.45) is 11.7 Å². The van der Waals surface area contributed by atoms with Crippen molar-refractivity contribution >= 4 is 24.0 Å². The van der Waals surface area contributed by atoms with E-state index in [4.69, 9.17) is 15.9 Å². The maximum Gasteiger partial charge on any atom is 0.426 e. The summed E-state index contributed by atoms with van der Waals surface area (Å²) in [5, 5.41) is 17.3. The van der Waals surface area contributed by atoms with Crippen molar-refractivity contribution < 1.29 is 40.7 Å². The number of nitrogen functional groups attached to an aromatic ring is 1. The summed E-state index contributed by atoms with van der Waals surface area (Å²) in [5.74, 6) is -2.68. The number of hydrogen-bond acceptors (Lipinski definition) is 8. The molecule has 5 N–H and O–H groups in total. The van der Waals surface area contributed by atoms with Gasteiger partial charge in [-0.3, -0.25) is 4.79 Å². The summed E-state index contributed by atoms with van der Waals surface area (Å²) in [6.45, 7) is 0.453. The SMILES string of the molecule is Cl.NCC1CCC(N2CCCCC[C@](O)(C(F)(F)F)c3nnc(o3)-c3nc(c(C(F)(F)F)cc3N)C2=O)CC1. The third-order valence-corrected chi connectivity index (χ3v) is 7.30. The van der Waals surface area contributed by atoms with Crippen molar-refractivity contribution in [3.63, 3.8) is 0 Å². The summed E-state index contributed by atoms with van der Waals surface area (Å²) < 4.78 is 88.6. The van der Waals surface area contributed by atoms with Gasteiger partial charge in [-0.05, 0) is 63.5 Å². The van der Waals surface area contributed by atoms with Crippen LogP contribution in [-0.4, -0.2) is 56.4 Å². The van der Waals surface area contributed by atoms with Crippen LogP contribution in [0.3, 0.4) is 0 Å². The van der Waals surface area contributed by atoms with Gasteiger partial charge in [-0.15, -0.1) is 22.6 Å². The van der Waals surface area contributed by atoms with E-state index in [0.717, 1.165) is 0 Å². The zero-order valence-corrected chi connectivity index (χ0v) is 21.5. The van der Waals surface area contributed by atoms with Gasteiger partial charge in [0, 0.05) is 12.6 Å². The fourth-order valence-corrected chi connectivity index (χ4v) is 5.05. The highest BCUT2D eigenvalue weighted by atomic mass is 35.5. The van der Waals surface area contributed by atoms with E-state index in [0.29, 0.717) is 38.3 Å². The summed E-state index contributed by atoms with van der Waals surface area (Å²) in [6.07, 6.45) is -8.39. The Kier molecular flexibility index (Phi) is 9.07. The third-order valence-electron chi connectivity index (χ3n) is 7.30. The maximum atomic E-state index is 14.0. The minimum Gasteiger partial charge on any atom is -0.416 e. The molecule has 0 aromatic carbocycles. The number of fused-ring (bicyclic) bond motifs is 5. The molecule has 39 heavy (non-hydrogen) atoms. The molecule has 1 amide bonds. The van der Waals surface area contributed by atoms with Crippen molar-refractivity contribution in [3.8, 4) is 11.6 Å². The second kappa shape index (κ2) is 11.5. The van der Waals surface area contributed by atoms with E-state index >= 15 is 0 Å². The van der Waals surface area contributed by atoms with E-state index in [1.54, 1.807) is 0 Å². The number of carbonyl (C=O) groups is 1. The Balaban J connectivity index is 0.00000420. The van der Waals surface area contributed by atoms with Crippen molar-refractivity contribution in [3.05, 3.63) is 23.2 Å². The van der Waals surface area contributed by atoms with Crippen LogP contribution in [-0.2, 0) is 11.8 Å². The smallest absolute Gasteiger partial charge is 0.416 e. The predicted octanol–water partition coefficient (Wildman–Crippen LogP) is 4.44. The number of halogens is 7. The molecule has 1 saturated carbocycles. The minimum absolute atomic E-state index is 0. The van der Waals surface area contributed by atoms with Gasteiger partial charge in [0.2, 0.25) is 5.60 Å². The van der Waals surface area contributed by atoms with Crippen LogP contribution >= 0.6 is 12.4 Å². The summed E-state index contributed by atoms with van der Waals surface area (Å²) in [5.41, 5.74) is 4.44. The second-order valence-electron chi connectivity index (χ2n) is 9.81. The number of rotatable bonds is 2. The average Bonchev–Trinajstić information content (AvgIpc) is 3.34. The van der Waals surface area contributed by atoms with Gasteiger partial charge in [0.1, 0.15) is 5.69 Å². The largest absolute Gasteiger partial charge is 0.426 e. The molecule has 1 aliphatic carbocycles. The number of carbonyl (C=O) groups excluding carboxylic acids is 1.